The number of H-pyrrole nitrogens is 1. The molecule has 0 bridgehead atoms. The predicted molar refractivity (Wildman–Crippen MR) is 99.0 cm³/mol. The fourth-order valence-electron chi connectivity index (χ4n) is 3.03. The quantitative estimate of drug-likeness (QED) is 0.529. The van der Waals surface area contributed by atoms with Crippen LogP contribution in [0.5, 0.6) is 5.88 Å². The van der Waals surface area contributed by atoms with Crippen molar-refractivity contribution < 1.29 is 14.6 Å². The van der Waals surface area contributed by atoms with Crippen molar-refractivity contribution in [1.29, 1.82) is 0 Å². The number of methoxy groups -OCH3 is 1. The van der Waals surface area contributed by atoms with Crippen molar-refractivity contribution in [2.45, 2.75) is 5.38 Å². The summed E-state index contributed by atoms with van der Waals surface area (Å²) in [7, 11) is 1.58. The first-order valence-corrected chi connectivity index (χ1v) is 8.30. The molecule has 0 aliphatic rings. The number of alkyl halides is 1. The first-order chi connectivity index (χ1) is 12.6. The summed E-state index contributed by atoms with van der Waals surface area (Å²) in [4.78, 5) is 15.8. The summed E-state index contributed by atoms with van der Waals surface area (Å²) < 4.78 is 5.14. The van der Waals surface area contributed by atoms with Gasteiger partial charge in [-0.05, 0) is 35.4 Å². The van der Waals surface area contributed by atoms with Gasteiger partial charge < -0.3 is 9.84 Å². The first-order valence-electron chi connectivity index (χ1n) is 7.86. The number of hydrogen-bond acceptors (Lipinski definition) is 4. The minimum Gasteiger partial charge on any atom is -0.481 e. The molecule has 0 amide bonds. The molecule has 26 heavy (non-hydrogen) atoms. The summed E-state index contributed by atoms with van der Waals surface area (Å²) in [6, 6.07) is 12.8. The minimum absolute atomic E-state index is 0.167. The van der Waals surface area contributed by atoms with Crippen molar-refractivity contribution in [1.82, 2.24) is 15.2 Å². The molecule has 1 unspecified atom stereocenters. The maximum absolute atomic E-state index is 11.4. The van der Waals surface area contributed by atoms with Gasteiger partial charge in [-0.2, -0.15) is 5.10 Å². The summed E-state index contributed by atoms with van der Waals surface area (Å²) in [6.45, 7) is 0. The highest BCUT2D eigenvalue weighted by Gasteiger charge is 2.19. The molecule has 0 saturated heterocycles. The van der Waals surface area contributed by atoms with Crippen molar-refractivity contribution in [3.8, 4) is 5.88 Å². The molecule has 4 aromatic rings. The van der Waals surface area contributed by atoms with Crippen LogP contribution in [0.3, 0.4) is 0 Å². The van der Waals surface area contributed by atoms with Crippen LogP contribution >= 0.6 is 11.6 Å². The number of halogens is 1. The Morgan fingerprint density at radius 3 is 2.85 bits per heavy atom. The second-order valence-corrected chi connectivity index (χ2v) is 6.27. The molecular formula is C19H14ClN3O3. The molecule has 0 spiro atoms. The third kappa shape index (κ3) is 2.64. The average molecular weight is 368 g/mol. The highest BCUT2D eigenvalue weighted by Crippen LogP contribution is 2.35. The Balaban J connectivity index is 1.80. The minimum atomic E-state index is -1.01. The van der Waals surface area contributed by atoms with Gasteiger partial charge in [-0.3, -0.25) is 5.10 Å². The Bertz CT molecular complexity index is 1140. The van der Waals surface area contributed by atoms with E-state index in [1.807, 2.05) is 24.3 Å². The highest BCUT2D eigenvalue weighted by atomic mass is 35.5. The zero-order valence-electron chi connectivity index (χ0n) is 13.7. The number of carboxylic acid groups (broad SMARTS) is 1. The normalized spacial score (nSPS) is 12.4. The lowest BCUT2D eigenvalue weighted by atomic mass is 9.98. The molecule has 7 heteroatoms. The van der Waals surface area contributed by atoms with Crippen molar-refractivity contribution in [3.63, 3.8) is 0 Å². The number of fused-ring (bicyclic) bond motifs is 2. The number of benzene rings is 2. The molecule has 0 saturated carbocycles. The van der Waals surface area contributed by atoms with Crippen molar-refractivity contribution in [2.24, 2.45) is 0 Å². The summed E-state index contributed by atoms with van der Waals surface area (Å²) in [5, 5.41) is 17.2. The lowest BCUT2D eigenvalue weighted by Crippen LogP contribution is -2.01. The Morgan fingerprint density at radius 1 is 1.23 bits per heavy atom. The fourth-order valence-corrected chi connectivity index (χ4v) is 3.36. The van der Waals surface area contributed by atoms with E-state index >= 15 is 0 Å². The van der Waals surface area contributed by atoms with Crippen LogP contribution in [-0.2, 0) is 0 Å². The Kier molecular flexibility index (Phi) is 3.97. The number of hydrogen-bond donors (Lipinski definition) is 2. The van der Waals surface area contributed by atoms with Gasteiger partial charge in [0.15, 0.2) is 0 Å². The predicted octanol–water partition coefficient (Wildman–Crippen LogP) is 4.15. The molecule has 2 aromatic carbocycles. The number of aromatic nitrogens is 3. The van der Waals surface area contributed by atoms with Crippen LogP contribution in [0.4, 0.5) is 0 Å². The lowest BCUT2D eigenvalue weighted by Gasteiger charge is -2.13. The maximum Gasteiger partial charge on any atom is 0.337 e. The Hall–Kier alpha value is -3.12. The third-order valence-electron chi connectivity index (χ3n) is 4.34. The van der Waals surface area contributed by atoms with Gasteiger partial charge >= 0.3 is 5.97 Å². The van der Waals surface area contributed by atoms with Gasteiger partial charge in [-0.25, -0.2) is 9.78 Å². The summed E-state index contributed by atoms with van der Waals surface area (Å²) in [5.41, 5.74) is 3.12. The highest BCUT2D eigenvalue weighted by molar-refractivity contribution is 6.24. The summed E-state index contributed by atoms with van der Waals surface area (Å²) in [5.74, 6) is -0.459. The van der Waals surface area contributed by atoms with Crippen molar-refractivity contribution in [2.75, 3.05) is 7.11 Å². The second-order valence-electron chi connectivity index (χ2n) is 5.83. The first kappa shape index (κ1) is 16.4. The van der Waals surface area contributed by atoms with Crippen molar-refractivity contribution >= 4 is 39.4 Å². The van der Waals surface area contributed by atoms with Crippen LogP contribution in [0, 0.1) is 0 Å². The van der Waals surface area contributed by atoms with Gasteiger partial charge in [0.1, 0.15) is 0 Å². The molecule has 2 N–H and O–H groups in total. The van der Waals surface area contributed by atoms with Crippen molar-refractivity contribution in [3.05, 3.63) is 65.4 Å². The van der Waals surface area contributed by atoms with Crippen LogP contribution in [0.1, 0.15) is 26.9 Å². The number of aromatic carboxylic acids is 1. The van der Waals surface area contributed by atoms with E-state index < -0.39 is 11.3 Å². The van der Waals surface area contributed by atoms with Crippen LogP contribution < -0.4 is 4.74 Å². The number of nitrogens with one attached hydrogen (secondary N) is 1. The molecule has 0 fully saturated rings. The van der Waals surface area contributed by atoms with E-state index in [0.717, 1.165) is 22.0 Å². The maximum atomic E-state index is 11.4. The number of carboxylic acids is 1. The standard InChI is InChI=1S/C19H14ClN3O3/c1-26-16-7-3-10-8-11(2-6-15(10)22-16)17(20)12-4-5-13(19(24)25)18-14(12)9-21-23-18/h2-9,17H,1H3,(H,21,23)(H,24,25). The van der Waals surface area contributed by atoms with E-state index in [0.29, 0.717) is 16.8 Å². The lowest BCUT2D eigenvalue weighted by molar-refractivity contribution is 0.0699. The molecule has 2 aromatic heterocycles. The van der Waals surface area contributed by atoms with E-state index in [1.165, 1.54) is 0 Å². The SMILES string of the molecule is COc1ccc2cc(C(Cl)c3ccc(C(=O)O)c4[nH]ncc34)ccc2n1. The Morgan fingerprint density at radius 2 is 2.08 bits per heavy atom. The van der Waals surface area contributed by atoms with Gasteiger partial charge in [-0.1, -0.05) is 12.1 Å². The van der Waals surface area contributed by atoms with Crippen LogP contribution in [0.15, 0.2) is 48.7 Å². The zero-order valence-corrected chi connectivity index (χ0v) is 14.5. The molecular weight excluding hydrogens is 354 g/mol. The smallest absolute Gasteiger partial charge is 0.337 e. The third-order valence-corrected chi connectivity index (χ3v) is 4.83. The molecule has 0 radical (unpaired) electrons. The van der Waals surface area contributed by atoms with E-state index in [4.69, 9.17) is 16.3 Å². The van der Waals surface area contributed by atoms with Crippen LogP contribution in [-0.4, -0.2) is 33.4 Å². The van der Waals surface area contributed by atoms with E-state index in [2.05, 4.69) is 15.2 Å². The summed E-state index contributed by atoms with van der Waals surface area (Å²) in [6.07, 6.45) is 1.60. The molecule has 130 valence electrons. The number of carbonyl (C=O) groups is 1. The van der Waals surface area contributed by atoms with Gasteiger partial charge in [-0.15, -0.1) is 11.6 Å². The van der Waals surface area contributed by atoms with Gasteiger partial charge in [0.05, 0.1) is 35.3 Å². The molecule has 2 heterocycles. The van der Waals surface area contributed by atoms with E-state index in [1.54, 1.807) is 31.5 Å². The van der Waals surface area contributed by atoms with Gasteiger partial charge in [0, 0.05) is 16.8 Å². The number of rotatable bonds is 4. The number of pyridine rings is 1. The molecule has 0 aliphatic carbocycles. The summed E-state index contributed by atoms with van der Waals surface area (Å²) >= 11 is 6.72. The molecule has 6 nitrogen and oxygen atoms in total. The van der Waals surface area contributed by atoms with Gasteiger partial charge in [0.25, 0.3) is 0 Å². The van der Waals surface area contributed by atoms with Crippen LogP contribution in [0.25, 0.3) is 21.8 Å². The second kappa shape index (κ2) is 6.31. The largest absolute Gasteiger partial charge is 0.481 e. The number of ether oxygens (including phenoxy) is 1. The molecule has 1 atom stereocenters. The number of aromatic amines is 1. The Labute approximate surface area is 153 Å². The van der Waals surface area contributed by atoms with E-state index in [-0.39, 0.29) is 5.56 Å². The number of nitrogens with zero attached hydrogens (tertiary/aromatic N) is 2. The van der Waals surface area contributed by atoms with E-state index in [9.17, 15) is 9.90 Å². The monoisotopic (exact) mass is 367 g/mol. The average Bonchev–Trinajstić information content (AvgIpc) is 3.15. The van der Waals surface area contributed by atoms with Crippen LogP contribution in [0.2, 0.25) is 0 Å². The topological polar surface area (TPSA) is 88.1 Å². The molecule has 0 aliphatic heterocycles. The zero-order chi connectivity index (χ0) is 18.3. The molecule has 4 rings (SSSR count). The van der Waals surface area contributed by atoms with Gasteiger partial charge in [0.2, 0.25) is 5.88 Å². The fraction of sp³-hybridized carbons (Fsp3) is 0.105.